The van der Waals surface area contributed by atoms with Crippen molar-refractivity contribution in [2.45, 2.75) is 53.1 Å². The van der Waals surface area contributed by atoms with Gasteiger partial charge in [0.2, 0.25) is 0 Å². The molecule has 0 aromatic heterocycles. The van der Waals surface area contributed by atoms with E-state index in [2.05, 4.69) is 4.99 Å². The van der Waals surface area contributed by atoms with Gasteiger partial charge in [-0.2, -0.15) is 0 Å². The van der Waals surface area contributed by atoms with Crippen molar-refractivity contribution in [3.63, 3.8) is 0 Å². The highest BCUT2D eigenvalue weighted by Gasteiger charge is 2.21. The lowest BCUT2D eigenvalue weighted by molar-refractivity contribution is -0.125. The zero-order valence-corrected chi connectivity index (χ0v) is 10.9. The summed E-state index contributed by atoms with van der Waals surface area (Å²) in [5.41, 5.74) is 0.663. The lowest BCUT2D eigenvalue weighted by Gasteiger charge is -2.16. The summed E-state index contributed by atoms with van der Waals surface area (Å²) in [6, 6.07) is 0. The largest absolute Gasteiger partial charge is 0.376 e. The van der Waals surface area contributed by atoms with Gasteiger partial charge in [0.05, 0.1) is 12.6 Å². The average molecular weight is 225 g/mol. The molecule has 16 heavy (non-hydrogen) atoms. The van der Waals surface area contributed by atoms with Crippen LogP contribution in [0.3, 0.4) is 0 Å². The van der Waals surface area contributed by atoms with Crippen molar-refractivity contribution in [2.75, 3.05) is 13.2 Å². The Hall–Kier alpha value is -0.700. The molecule has 0 saturated carbocycles. The van der Waals surface area contributed by atoms with E-state index in [1.165, 1.54) is 0 Å². The molecule has 3 heteroatoms. The van der Waals surface area contributed by atoms with E-state index in [-0.39, 0.29) is 17.3 Å². The monoisotopic (exact) mass is 225 g/mol. The Labute approximate surface area is 98.3 Å². The van der Waals surface area contributed by atoms with Gasteiger partial charge in [0.15, 0.2) is 0 Å². The number of aliphatic imine (C=N–C) groups is 1. The Morgan fingerprint density at radius 3 is 2.62 bits per heavy atom. The van der Waals surface area contributed by atoms with Crippen molar-refractivity contribution in [3.8, 4) is 0 Å². The van der Waals surface area contributed by atoms with E-state index in [1.54, 1.807) is 0 Å². The number of ketones is 1. The molecule has 1 aliphatic rings. The van der Waals surface area contributed by atoms with E-state index in [4.69, 9.17) is 4.74 Å². The lowest BCUT2D eigenvalue weighted by Crippen LogP contribution is -2.22. The predicted molar refractivity (Wildman–Crippen MR) is 66.0 cm³/mol. The van der Waals surface area contributed by atoms with Crippen molar-refractivity contribution < 1.29 is 9.53 Å². The first-order chi connectivity index (χ1) is 7.39. The number of carbonyl (C=O) groups is 1. The Morgan fingerprint density at radius 2 is 2.12 bits per heavy atom. The van der Waals surface area contributed by atoms with Gasteiger partial charge in [0.25, 0.3) is 0 Å². The second-order valence-corrected chi connectivity index (χ2v) is 5.56. The average Bonchev–Trinajstić information content (AvgIpc) is 2.65. The second-order valence-electron chi connectivity index (χ2n) is 5.56. The highest BCUT2D eigenvalue weighted by atomic mass is 16.5. The van der Waals surface area contributed by atoms with E-state index >= 15 is 0 Å². The molecule has 1 unspecified atom stereocenters. The van der Waals surface area contributed by atoms with Gasteiger partial charge >= 0.3 is 0 Å². The number of nitrogens with zero attached hydrogens (tertiary/aromatic N) is 1. The SMILES string of the molecule is CC(CC(=O)C(C)(C)C)=NCC1CCCO1. The summed E-state index contributed by atoms with van der Waals surface area (Å²) in [7, 11) is 0. The molecule has 0 spiro atoms. The molecule has 3 nitrogen and oxygen atoms in total. The van der Waals surface area contributed by atoms with Crippen LogP contribution in [0.1, 0.15) is 47.0 Å². The molecule has 92 valence electrons. The van der Waals surface area contributed by atoms with Crippen LogP contribution in [0.4, 0.5) is 0 Å². The van der Waals surface area contributed by atoms with E-state index in [9.17, 15) is 4.79 Å². The minimum Gasteiger partial charge on any atom is -0.376 e. The third kappa shape index (κ3) is 4.44. The van der Waals surface area contributed by atoms with Gasteiger partial charge in [-0.1, -0.05) is 20.8 Å². The number of rotatable bonds is 4. The number of carbonyl (C=O) groups excluding carboxylic acids is 1. The molecule has 1 fully saturated rings. The molecule has 0 aromatic carbocycles. The molecule has 1 heterocycles. The van der Waals surface area contributed by atoms with Gasteiger partial charge in [-0.3, -0.25) is 9.79 Å². The Balaban J connectivity index is 2.36. The Bertz CT molecular complexity index is 270. The minimum absolute atomic E-state index is 0.251. The fourth-order valence-corrected chi connectivity index (χ4v) is 1.60. The molecule has 1 rings (SSSR count). The first kappa shape index (κ1) is 13.4. The summed E-state index contributed by atoms with van der Waals surface area (Å²) in [5, 5.41) is 0. The molecule has 1 saturated heterocycles. The van der Waals surface area contributed by atoms with E-state index < -0.39 is 0 Å². The first-order valence-corrected chi connectivity index (χ1v) is 6.04. The van der Waals surface area contributed by atoms with Gasteiger partial charge in [-0.15, -0.1) is 0 Å². The maximum Gasteiger partial charge on any atom is 0.143 e. The molecule has 1 aliphatic heterocycles. The maximum atomic E-state index is 11.8. The molecule has 0 radical (unpaired) electrons. The van der Waals surface area contributed by atoms with Crippen LogP contribution in [-0.4, -0.2) is 30.8 Å². The Morgan fingerprint density at radius 1 is 1.44 bits per heavy atom. The standard InChI is InChI=1S/C13H23NO2/c1-10(8-12(15)13(2,3)4)14-9-11-6-5-7-16-11/h11H,5-9H2,1-4H3. The van der Waals surface area contributed by atoms with Crippen molar-refractivity contribution in [2.24, 2.45) is 10.4 Å². The van der Waals surface area contributed by atoms with Crippen LogP contribution >= 0.6 is 0 Å². The Kier molecular flexibility index (Phi) is 4.66. The summed E-state index contributed by atoms with van der Waals surface area (Å²) in [4.78, 5) is 16.2. The number of hydrogen-bond acceptors (Lipinski definition) is 3. The molecule has 0 bridgehead atoms. The molecule has 0 aromatic rings. The third-order valence-electron chi connectivity index (χ3n) is 2.84. The highest BCUT2D eigenvalue weighted by molar-refractivity contribution is 6.02. The molecular formula is C13H23NO2. The van der Waals surface area contributed by atoms with E-state index in [0.29, 0.717) is 13.0 Å². The predicted octanol–water partition coefficient (Wildman–Crippen LogP) is 2.63. The van der Waals surface area contributed by atoms with Gasteiger partial charge in [0.1, 0.15) is 5.78 Å². The van der Waals surface area contributed by atoms with Crippen LogP contribution in [0.15, 0.2) is 4.99 Å². The fraction of sp³-hybridized carbons (Fsp3) is 0.846. The van der Waals surface area contributed by atoms with Crippen LogP contribution in [0, 0.1) is 5.41 Å². The molecule has 1 atom stereocenters. The van der Waals surface area contributed by atoms with Gasteiger partial charge in [-0.05, 0) is 19.8 Å². The summed E-state index contributed by atoms with van der Waals surface area (Å²) in [6.07, 6.45) is 2.99. The first-order valence-electron chi connectivity index (χ1n) is 6.04. The summed E-state index contributed by atoms with van der Waals surface area (Å²) >= 11 is 0. The molecule has 0 aliphatic carbocycles. The zero-order chi connectivity index (χ0) is 12.2. The summed E-state index contributed by atoms with van der Waals surface area (Å²) in [6.45, 7) is 9.34. The van der Waals surface area contributed by atoms with Crippen LogP contribution in [0.5, 0.6) is 0 Å². The smallest absolute Gasteiger partial charge is 0.143 e. The number of ether oxygens (including phenoxy) is 1. The van der Waals surface area contributed by atoms with Gasteiger partial charge < -0.3 is 4.74 Å². The van der Waals surface area contributed by atoms with E-state index in [1.807, 2.05) is 27.7 Å². The van der Waals surface area contributed by atoms with Gasteiger partial charge in [0, 0.05) is 24.2 Å². The third-order valence-corrected chi connectivity index (χ3v) is 2.84. The van der Waals surface area contributed by atoms with Crippen molar-refractivity contribution in [3.05, 3.63) is 0 Å². The lowest BCUT2D eigenvalue weighted by atomic mass is 9.88. The highest BCUT2D eigenvalue weighted by Crippen LogP contribution is 2.17. The topological polar surface area (TPSA) is 38.7 Å². The normalized spacial score (nSPS) is 22.5. The summed E-state index contributed by atoms with van der Waals surface area (Å²) in [5.74, 6) is 0.251. The maximum absolute atomic E-state index is 11.8. The summed E-state index contributed by atoms with van der Waals surface area (Å²) < 4.78 is 5.48. The van der Waals surface area contributed by atoms with Crippen LogP contribution in [0.25, 0.3) is 0 Å². The van der Waals surface area contributed by atoms with Crippen molar-refractivity contribution in [1.29, 1.82) is 0 Å². The minimum atomic E-state index is -0.263. The second kappa shape index (κ2) is 5.58. The van der Waals surface area contributed by atoms with Gasteiger partial charge in [-0.25, -0.2) is 0 Å². The fourth-order valence-electron chi connectivity index (χ4n) is 1.60. The van der Waals surface area contributed by atoms with Crippen LogP contribution in [0.2, 0.25) is 0 Å². The zero-order valence-electron chi connectivity index (χ0n) is 10.9. The van der Waals surface area contributed by atoms with Crippen molar-refractivity contribution >= 4 is 11.5 Å². The van der Waals surface area contributed by atoms with Crippen LogP contribution < -0.4 is 0 Å². The number of hydrogen-bond donors (Lipinski definition) is 0. The number of Topliss-reactive ketones (excluding diaryl/α,β-unsaturated/α-hetero) is 1. The van der Waals surface area contributed by atoms with Crippen LogP contribution in [-0.2, 0) is 9.53 Å². The van der Waals surface area contributed by atoms with Crippen molar-refractivity contribution in [1.82, 2.24) is 0 Å². The quantitative estimate of drug-likeness (QED) is 0.690. The molecular weight excluding hydrogens is 202 g/mol. The molecule has 0 N–H and O–H groups in total. The van der Waals surface area contributed by atoms with E-state index in [0.717, 1.165) is 25.2 Å². The molecule has 0 amide bonds.